The van der Waals surface area contributed by atoms with Crippen LogP contribution in [0.25, 0.3) is 0 Å². The molecule has 3 rings (SSSR count). The Bertz CT molecular complexity index is 431. The average Bonchev–Trinajstić information content (AvgIpc) is 2.87. The third-order valence-corrected chi connectivity index (χ3v) is 4.86. The summed E-state index contributed by atoms with van der Waals surface area (Å²) >= 11 is 0. The van der Waals surface area contributed by atoms with Gasteiger partial charge in [-0.1, -0.05) is 6.42 Å². The summed E-state index contributed by atoms with van der Waals surface area (Å²) in [4.78, 5) is 5.34. The van der Waals surface area contributed by atoms with E-state index in [-0.39, 0.29) is 0 Å². The molecule has 0 saturated carbocycles. The standard InChI is InChI=1S/C16H27N3O/c1-13-10-18-7-4-3-5-15(18)12-19(13)11-14-6-8-20-16(14)9-17-2/h6,8,13,15,17H,3-5,7,9-12H2,1-2H3. The summed E-state index contributed by atoms with van der Waals surface area (Å²) in [5, 5.41) is 3.18. The van der Waals surface area contributed by atoms with Crippen LogP contribution in [0.2, 0.25) is 0 Å². The smallest absolute Gasteiger partial charge is 0.122 e. The van der Waals surface area contributed by atoms with E-state index in [0.29, 0.717) is 6.04 Å². The molecule has 2 aliphatic rings. The Hall–Kier alpha value is -0.840. The van der Waals surface area contributed by atoms with Crippen LogP contribution in [0.3, 0.4) is 0 Å². The molecule has 4 heteroatoms. The number of piperidine rings is 1. The van der Waals surface area contributed by atoms with E-state index in [0.717, 1.165) is 24.9 Å². The van der Waals surface area contributed by atoms with E-state index in [1.807, 2.05) is 13.3 Å². The Kier molecular flexibility index (Phi) is 4.44. The molecule has 1 N–H and O–H groups in total. The predicted octanol–water partition coefficient (Wildman–Crippen LogP) is 2.06. The van der Waals surface area contributed by atoms with Crippen molar-refractivity contribution >= 4 is 0 Å². The zero-order valence-corrected chi connectivity index (χ0v) is 12.8. The van der Waals surface area contributed by atoms with Gasteiger partial charge in [-0.25, -0.2) is 0 Å². The van der Waals surface area contributed by atoms with Crippen LogP contribution < -0.4 is 5.32 Å². The van der Waals surface area contributed by atoms with Crippen LogP contribution in [0.5, 0.6) is 0 Å². The number of rotatable bonds is 4. The molecule has 4 nitrogen and oxygen atoms in total. The molecule has 2 fully saturated rings. The maximum Gasteiger partial charge on any atom is 0.122 e. The van der Waals surface area contributed by atoms with E-state index in [9.17, 15) is 0 Å². The first kappa shape index (κ1) is 14.1. The number of fused-ring (bicyclic) bond motifs is 1. The van der Waals surface area contributed by atoms with Crippen molar-refractivity contribution < 1.29 is 4.42 Å². The van der Waals surface area contributed by atoms with Gasteiger partial charge in [0.1, 0.15) is 5.76 Å². The molecule has 0 radical (unpaired) electrons. The van der Waals surface area contributed by atoms with Crippen LogP contribution >= 0.6 is 0 Å². The number of hydrogen-bond donors (Lipinski definition) is 1. The number of nitrogens with zero attached hydrogens (tertiary/aromatic N) is 2. The lowest BCUT2D eigenvalue weighted by Gasteiger charge is -2.47. The third-order valence-electron chi connectivity index (χ3n) is 4.86. The Balaban J connectivity index is 1.65. The van der Waals surface area contributed by atoms with Crippen molar-refractivity contribution in [1.29, 1.82) is 0 Å². The third kappa shape index (κ3) is 2.92. The fourth-order valence-corrected chi connectivity index (χ4v) is 3.68. The minimum Gasteiger partial charge on any atom is -0.468 e. The first-order valence-electron chi connectivity index (χ1n) is 7.96. The van der Waals surface area contributed by atoms with E-state index in [1.165, 1.54) is 44.5 Å². The van der Waals surface area contributed by atoms with Gasteiger partial charge in [-0.15, -0.1) is 0 Å². The Morgan fingerprint density at radius 2 is 2.25 bits per heavy atom. The summed E-state index contributed by atoms with van der Waals surface area (Å²) in [6, 6.07) is 3.55. The molecule has 1 aromatic rings. The predicted molar refractivity (Wildman–Crippen MR) is 80.6 cm³/mol. The lowest BCUT2D eigenvalue weighted by Crippen LogP contribution is -2.58. The average molecular weight is 277 g/mol. The number of furan rings is 1. The van der Waals surface area contributed by atoms with Crippen molar-refractivity contribution in [1.82, 2.24) is 15.1 Å². The minimum atomic E-state index is 0.640. The molecule has 112 valence electrons. The second-order valence-electron chi connectivity index (χ2n) is 6.32. The van der Waals surface area contributed by atoms with Crippen LogP contribution in [0, 0.1) is 0 Å². The second kappa shape index (κ2) is 6.29. The highest BCUT2D eigenvalue weighted by atomic mass is 16.3. The monoisotopic (exact) mass is 277 g/mol. The number of hydrogen-bond acceptors (Lipinski definition) is 4. The first-order chi connectivity index (χ1) is 9.78. The van der Waals surface area contributed by atoms with Crippen LogP contribution in [-0.4, -0.2) is 48.6 Å². The molecule has 2 atom stereocenters. The molecule has 0 spiro atoms. The Morgan fingerprint density at radius 3 is 3.10 bits per heavy atom. The molecule has 0 aromatic carbocycles. The van der Waals surface area contributed by atoms with E-state index in [4.69, 9.17) is 4.42 Å². The molecule has 2 unspecified atom stereocenters. The second-order valence-corrected chi connectivity index (χ2v) is 6.32. The van der Waals surface area contributed by atoms with E-state index in [1.54, 1.807) is 0 Å². The minimum absolute atomic E-state index is 0.640. The number of piperazine rings is 1. The lowest BCUT2D eigenvalue weighted by atomic mass is 9.97. The maximum absolute atomic E-state index is 5.59. The summed E-state index contributed by atoms with van der Waals surface area (Å²) in [6.45, 7) is 7.95. The van der Waals surface area contributed by atoms with Crippen molar-refractivity contribution in [2.75, 3.05) is 26.7 Å². The Labute approximate surface area is 122 Å². The van der Waals surface area contributed by atoms with E-state index < -0.39 is 0 Å². The fraction of sp³-hybridized carbons (Fsp3) is 0.750. The van der Waals surface area contributed by atoms with Gasteiger partial charge in [0.2, 0.25) is 0 Å². The van der Waals surface area contributed by atoms with Crippen molar-refractivity contribution in [2.24, 2.45) is 0 Å². The largest absolute Gasteiger partial charge is 0.468 e. The normalized spacial score (nSPS) is 28.5. The van der Waals surface area contributed by atoms with Gasteiger partial charge >= 0.3 is 0 Å². The molecular weight excluding hydrogens is 250 g/mol. The highest BCUT2D eigenvalue weighted by Gasteiger charge is 2.33. The highest BCUT2D eigenvalue weighted by Crippen LogP contribution is 2.26. The lowest BCUT2D eigenvalue weighted by molar-refractivity contribution is 0.0108. The Morgan fingerprint density at radius 1 is 1.35 bits per heavy atom. The van der Waals surface area contributed by atoms with Gasteiger partial charge in [0.15, 0.2) is 0 Å². The van der Waals surface area contributed by atoms with Crippen molar-refractivity contribution in [2.45, 2.75) is 51.4 Å². The van der Waals surface area contributed by atoms with Crippen LogP contribution in [-0.2, 0) is 13.1 Å². The molecule has 3 heterocycles. The van der Waals surface area contributed by atoms with Gasteiger partial charge in [-0.2, -0.15) is 0 Å². The molecule has 20 heavy (non-hydrogen) atoms. The number of nitrogens with one attached hydrogen (secondary N) is 1. The SMILES string of the molecule is CNCc1occc1CN1CC2CCCCN2CC1C. The van der Waals surface area contributed by atoms with Crippen LogP contribution in [0.15, 0.2) is 16.7 Å². The maximum atomic E-state index is 5.59. The molecule has 0 bridgehead atoms. The summed E-state index contributed by atoms with van der Waals surface area (Å²) in [6.07, 6.45) is 5.99. The van der Waals surface area contributed by atoms with Gasteiger partial charge in [0.05, 0.1) is 12.8 Å². The van der Waals surface area contributed by atoms with Crippen molar-refractivity contribution in [3.8, 4) is 0 Å². The van der Waals surface area contributed by atoms with Gasteiger partial charge in [0.25, 0.3) is 0 Å². The summed E-state index contributed by atoms with van der Waals surface area (Å²) in [5.74, 6) is 1.09. The summed E-state index contributed by atoms with van der Waals surface area (Å²) in [7, 11) is 1.97. The molecule has 2 saturated heterocycles. The molecule has 0 amide bonds. The zero-order valence-electron chi connectivity index (χ0n) is 12.8. The quantitative estimate of drug-likeness (QED) is 0.913. The van der Waals surface area contributed by atoms with Gasteiger partial charge in [-0.3, -0.25) is 9.80 Å². The van der Waals surface area contributed by atoms with Crippen LogP contribution in [0.1, 0.15) is 37.5 Å². The van der Waals surface area contributed by atoms with Crippen molar-refractivity contribution in [3.05, 3.63) is 23.7 Å². The zero-order chi connectivity index (χ0) is 13.9. The van der Waals surface area contributed by atoms with Crippen molar-refractivity contribution in [3.63, 3.8) is 0 Å². The fourth-order valence-electron chi connectivity index (χ4n) is 3.68. The first-order valence-corrected chi connectivity index (χ1v) is 7.96. The highest BCUT2D eigenvalue weighted by molar-refractivity contribution is 5.17. The topological polar surface area (TPSA) is 31.7 Å². The molecular formula is C16H27N3O. The molecule has 0 aliphatic carbocycles. The summed E-state index contributed by atoms with van der Waals surface area (Å²) < 4.78 is 5.59. The molecule has 2 aliphatic heterocycles. The van der Waals surface area contributed by atoms with E-state index in [2.05, 4.69) is 28.1 Å². The van der Waals surface area contributed by atoms with Gasteiger partial charge in [-0.05, 0) is 39.4 Å². The van der Waals surface area contributed by atoms with Crippen LogP contribution in [0.4, 0.5) is 0 Å². The van der Waals surface area contributed by atoms with E-state index >= 15 is 0 Å². The molecule has 1 aromatic heterocycles. The summed E-state index contributed by atoms with van der Waals surface area (Å²) in [5.41, 5.74) is 1.34. The van der Waals surface area contributed by atoms with Gasteiger partial charge < -0.3 is 9.73 Å². The van der Waals surface area contributed by atoms with Gasteiger partial charge in [0, 0.05) is 37.3 Å².